The van der Waals surface area contributed by atoms with Crippen LogP contribution in [0.3, 0.4) is 0 Å². The predicted octanol–water partition coefficient (Wildman–Crippen LogP) is 5.06. The van der Waals surface area contributed by atoms with Gasteiger partial charge in [-0.15, -0.1) is 0 Å². The van der Waals surface area contributed by atoms with Crippen LogP contribution in [0.25, 0.3) is 22.2 Å². The number of aryl methyl sites for hydroxylation is 1. The third-order valence-electron chi connectivity index (χ3n) is 6.08. The Bertz CT molecular complexity index is 1020. The van der Waals surface area contributed by atoms with Gasteiger partial charge in [-0.05, 0) is 42.9 Å². The van der Waals surface area contributed by atoms with E-state index < -0.39 is 0 Å². The van der Waals surface area contributed by atoms with E-state index in [1.165, 1.54) is 30.4 Å². The molecule has 3 nitrogen and oxygen atoms in total. The Morgan fingerprint density at radius 2 is 1.70 bits per heavy atom. The van der Waals surface area contributed by atoms with E-state index in [1.54, 1.807) is 0 Å². The smallest absolute Gasteiger partial charge is 0.252 e. The average Bonchev–Trinajstić information content (AvgIpc) is 2.72. The molecule has 2 aromatic carbocycles. The third-order valence-corrected chi connectivity index (χ3v) is 6.08. The van der Waals surface area contributed by atoms with Crippen LogP contribution in [0.4, 0.5) is 0 Å². The number of amides is 1. The van der Waals surface area contributed by atoms with Gasteiger partial charge in [0.25, 0.3) is 5.91 Å². The molecule has 1 amide bonds. The largest absolute Gasteiger partial charge is 0.349 e. The molecule has 1 saturated carbocycles. The Kier molecular flexibility index (Phi) is 4.16. The average molecular weight is 356 g/mol. The van der Waals surface area contributed by atoms with Crippen molar-refractivity contribution in [1.82, 2.24) is 10.3 Å². The Morgan fingerprint density at radius 3 is 2.59 bits per heavy atom. The van der Waals surface area contributed by atoms with Gasteiger partial charge in [0.05, 0.1) is 16.8 Å². The lowest BCUT2D eigenvalue weighted by Crippen LogP contribution is -2.37. The minimum atomic E-state index is 0.0798. The molecule has 136 valence electrons. The topological polar surface area (TPSA) is 42.0 Å². The summed E-state index contributed by atoms with van der Waals surface area (Å²) in [6.07, 6.45) is 7.75. The van der Waals surface area contributed by atoms with Crippen LogP contribution in [0.1, 0.15) is 53.6 Å². The minimum absolute atomic E-state index is 0.0798. The Morgan fingerprint density at radius 1 is 0.926 bits per heavy atom. The van der Waals surface area contributed by atoms with Crippen molar-refractivity contribution in [2.45, 2.75) is 51.0 Å². The second-order valence-corrected chi connectivity index (χ2v) is 7.80. The third kappa shape index (κ3) is 2.91. The summed E-state index contributed by atoms with van der Waals surface area (Å²) in [5, 5.41) is 4.31. The number of aromatic nitrogens is 1. The second kappa shape index (κ2) is 6.80. The zero-order chi connectivity index (χ0) is 18.2. The molecule has 0 aliphatic heterocycles. The molecule has 3 aromatic rings. The molecule has 0 bridgehead atoms. The van der Waals surface area contributed by atoms with Crippen LogP contribution >= 0.6 is 0 Å². The van der Waals surface area contributed by atoms with Crippen molar-refractivity contribution >= 4 is 16.8 Å². The maximum atomic E-state index is 13.4. The van der Waals surface area contributed by atoms with Gasteiger partial charge in [0.2, 0.25) is 0 Å². The van der Waals surface area contributed by atoms with Crippen molar-refractivity contribution in [3.8, 4) is 11.3 Å². The zero-order valence-electron chi connectivity index (χ0n) is 15.5. The Labute approximate surface area is 159 Å². The first-order valence-electron chi connectivity index (χ1n) is 10.1. The number of carbonyl (C=O) groups is 1. The van der Waals surface area contributed by atoms with E-state index in [0.29, 0.717) is 6.04 Å². The molecule has 0 unspecified atom stereocenters. The summed E-state index contributed by atoms with van der Waals surface area (Å²) in [5.74, 6) is 0.0798. The van der Waals surface area contributed by atoms with E-state index in [1.807, 2.05) is 24.3 Å². The van der Waals surface area contributed by atoms with Gasteiger partial charge < -0.3 is 5.32 Å². The number of para-hydroxylation sites is 1. The lowest BCUT2D eigenvalue weighted by Gasteiger charge is -2.26. The fourth-order valence-corrected chi connectivity index (χ4v) is 4.71. The number of rotatable bonds is 2. The number of nitrogens with one attached hydrogen (secondary N) is 1. The van der Waals surface area contributed by atoms with Gasteiger partial charge in [-0.3, -0.25) is 4.79 Å². The molecular formula is C24H24N2O. The maximum absolute atomic E-state index is 13.4. The normalized spacial score (nSPS) is 16.6. The molecule has 1 N–H and O–H groups in total. The first-order valence-corrected chi connectivity index (χ1v) is 10.1. The molecule has 0 saturated heterocycles. The second-order valence-electron chi connectivity index (χ2n) is 7.80. The van der Waals surface area contributed by atoms with Crippen LogP contribution in [0.15, 0.2) is 48.5 Å². The van der Waals surface area contributed by atoms with Crippen molar-refractivity contribution < 1.29 is 4.79 Å². The molecule has 0 spiro atoms. The van der Waals surface area contributed by atoms with E-state index in [9.17, 15) is 4.79 Å². The van der Waals surface area contributed by atoms with Gasteiger partial charge in [0.15, 0.2) is 0 Å². The highest BCUT2D eigenvalue weighted by Gasteiger charge is 2.26. The number of nitrogens with zero attached hydrogens (tertiary/aromatic N) is 1. The van der Waals surface area contributed by atoms with Crippen molar-refractivity contribution in [2.24, 2.45) is 0 Å². The molecule has 5 rings (SSSR count). The van der Waals surface area contributed by atoms with Crippen molar-refractivity contribution in [3.05, 3.63) is 65.2 Å². The Hall–Kier alpha value is -2.68. The van der Waals surface area contributed by atoms with E-state index in [4.69, 9.17) is 4.98 Å². The molecule has 2 aliphatic carbocycles. The first kappa shape index (κ1) is 16.5. The zero-order valence-corrected chi connectivity index (χ0v) is 15.5. The number of hydrogen-bond acceptors (Lipinski definition) is 2. The van der Waals surface area contributed by atoms with Gasteiger partial charge >= 0.3 is 0 Å². The summed E-state index contributed by atoms with van der Waals surface area (Å²) >= 11 is 0. The number of benzene rings is 2. The molecule has 1 fully saturated rings. The standard InChI is InChI=1S/C24H24N2O/c27-24(25-17-9-2-1-3-10-17)22-19-12-6-7-13-21(19)26-23-18-11-5-4-8-16(18)14-15-20(22)23/h4-8,11-13,17H,1-3,9-10,14-15H2,(H,25,27). The molecule has 0 radical (unpaired) electrons. The van der Waals surface area contributed by atoms with Gasteiger partial charge in [-0.25, -0.2) is 4.98 Å². The van der Waals surface area contributed by atoms with Crippen molar-refractivity contribution in [1.29, 1.82) is 0 Å². The summed E-state index contributed by atoms with van der Waals surface area (Å²) in [4.78, 5) is 18.3. The predicted molar refractivity (Wildman–Crippen MR) is 109 cm³/mol. The monoisotopic (exact) mass is 356 g/mol. The quantitative estimate of drug-likeness (QED) is 0.697. The molecule has 0 atom stereocenters. The summed E-state index contributed by atoms with van der Waals surface area (Å²) in [6.45, 7) is 0. The van der Waals surface area contributed by atoms with E-state index in [0.717, 1.165) is 53.4 Å². The summed E-state index contributed by atoms with van der Waals surface area (Å²) < 4.78 is 0. The fourth-order valence-electron chi connectivity index (χ4n) is 4.71. The van der Waals surface area contributed by atoms with Gasteiger partial charge in [0, 0.05) is 17.0 Å². The van der Waals surface area contributed by atoms with Gasteiger partial charge in [-0.1, -0.05) is 61.7 Å². The molecule has 2 aliphatic rings. The number of hydrogen-bond donors (Lipinski definition) is 1. The minimum Gasteiger partial charge on any atom is -0.349 e. The van der Waals surface area contributed by atoms with Gasteiger partial charge in [-0.2, -0.15) is 0 Å². The molecule has 1 heterocycles. The first-order chi connectivity index (χ1) is 13.3. The van der Waals surface area contributed by atoms with Crippen LogP contribution in [0, 0.1) is 0 Å². The number of carbonyl (C=O) groups excluding carboxylic acids is 1. The molecule has 1 aromatic heterocycles. The van der Waals surface area contributed by atoms with Crippen LogP contribution in [0.2, 0.25) is 0 Å². The highest BCUT2D eigenvalue weighted by molar-refractivity contribution is 6.09. The molecule has 3 heteroatoms. The molecule has 27 heavy (non-hydrogen) atoms. The van der Waals surface area contributed by atoms with E-state index in [-0.39, 0.29) is 5.91 Å². The maximum Gasteiger partial charge on any atom is 0.252 e. The lowest BCUT2D eigenvalue weighted by atomic mass is 9.85. The van der Waals surface area contributed by atoms with E-state index >= 15 is 0 Å². The summed E-state index contributed by atoms with van der Waals surface area (Å²) in [5.41, 5.74) is 6.35. The van der Waals surface area contributed by atoms with Crippen LogP contribution in [0.5, 0.6) is 0 Å². The summed E-state index contributed by atoms with van der Waals surface area (Å²) in [6, 6.07) is 16.8. The Balaban J connectivity index is 1.66. The highest BCUT2D eigenvalue weighted by atomic mass is 16.1. The SMILES string of the molecule is O=C(NC1CCCCC1)c1c2c(nc3ccccc13)-c1ccccc1CC2. The fraction of sp³-hybridized carbons (Fsp3) is 0.333. The van der Waals surface area contributed by atoms with E-state index in [2.05, 4.69) is 29.6 Å². The van der Waals surface area contributed by atoms with Crippen molar-refractivity contribution in [3.63, 3.8) is 0 Å². The van der Waals surface area contributed by atoms with Crippen molar-refractivity contribution in [2.75, 3.05) is 0 Å². The van der Waals surface area contributed by atoms with Gasteiger partial charge in [0.1, 0.15) is 0 Å². The number of pyridine rings is 1. The molecular weight excluding hydrogens is 332 g/mol. The van der Waals surface area contributed by atoms with Crippen LogP contribution in [-0.4, -0.2) is 16.9 Å². The summed E-state index contributed by atoms with van der Waals surface area (Å²) in [7, 11) is 0. The number of fused-ring (bicyclic) bond motifs is 4. The van der Waals surface area contributed by atoms with Crippen LogP contribution < -0.4 is 5.32 Å². The lowest BCUT2D eigenvalue weighted by molar-refractivity contribution is 0.0928. The highest BCUT2D eigenvalue weighted by Crippen LogP contribution is 2.37. The van der Waals surface area contributed by atoms with Crippen LogP contribution in [-0.2, 0) is 12.8 Å².